The van der Waals surface area contributed by atoms with Crippen LogP contribution < -0.4 is 10.2 Å². The first-order chi connectivity index (χ1) is 17.6. The third-order valence-corrected chi connectivity index (χ3v) is 7.47. The summed E-state index contributed by atoms with van der Waals surface area (Å²) in [5.41, 5.74) is 3.06. The van der Waals surface area contributed by atoms with E-state index in [-0.39, 0.29) is 25.0 Å². The lowest BCUT2D eigenvalue weighted by Gasteiger charge is -2.39. The number of piperidine rings is 1. The van der Waals surface area contributed by atoms with E-state index < -0.39 is 30.8 Å². The first kappa shape index (κ1) is 25.3. The van der Waals surface area contributed by atoms with Crippen LogP contribution in [0.2, 0.25) is 0 Å². The normalized spacial score (nSPS) is 23.4. The number of anilines is 1. The molecule has 0 bridgehead atoms. The molecule has 3 aliphatic rings. The number of rotatable bonds is 9. The molecule has 10 nitrogen and oxygen atoms in total. The molecule has 0 radical (unpaired) electrons. The highest BCUT2D eigenvalue weighted by atomic mass is 19.3. The van der Waals surface area contributed by atoms with Crippen LogP contribution in [0.4, 0.5) is 19.3 Å². The summed E-state index contributed by atoms with van der Waals surface area (Å²) in [6.07, 6.45) is 3.25. The Morgan fingerprint density at radius 3 is 2.73 bits per heavy atom. The number of aliphatic carboxylic acids is 1. The Morgan fingerprint density at radius 1 is 1.24 bits per heavy atom. The number of carbonyl (C=O) groups excluding carboxylic acids is 1. The van der Waals surface area contributed by atoms with E-state index in [0.717, 1.165) is 12.1 Å². The van der Waals surface area contributed by atoms with E-state index in [1.165, 1.54) is 12.8 Å². The molecule has 1 saturated carbocycles. The molecule has 2 N–H and O–H groups in total. The van der Waals surface area contributed by atoms with Crippen molar-refractivity contribution in [2.24, 2.45) is 18.9 Å². The molecule has 2 saturated heterocycles. The van der Waals surface area contributed by atoms with Crippen LogP contribution in [-0.4, -0.2) is 73.6 Å². The van der Waals surface area contributed by atoms with Gasteiger partial charge in [0.2, 0.25) is 0 Å². The van der Waals surface area contributed by atoms with Gasteiger partial charge in [-0.1, -0.05) is 25.0 Å². The second-order valence-corrected chi connectivity index (χ2v) is 10.6. The summed E-state index contributed by atoms with van der Waals surface area (Å²) in [5, 5.41) is 20.7. The number of amides is 2. The molecule has 2 aliphatic heterocycles. The number of nitrogens with zero attached hydrogens (tertiary/aromatic N) is 6. The molecule has 3 fully saturated rings. The molecule has 1 aliphatic carbocycles. The van der Waals surface area contributed by atoms with Crippen molar-refractivity contribution in [3.63, 3.8) is 0 Å². The van der Waals surface area contributed by atoms with Gasteiger partial charge in [-0.2, -0.15) is 0 Å². The van der Waals surface area contributed by atoms with Gasteiger partial charge >= 0.3 is 12.0 Å². The Bertz CT molecular complexity index is 1180. The van der Waals surface area contributed by atoms with Crippen LogP contribution in [0.1, 0.15) is 50.4 Å². The maximum Gasteiger partial charge on any atom is 0.318 e. The Morgan fingerprint density at radius 2 is 2.03 bits per heavy atom. The van der Waals surface area contributed by atoms with Gasteiger partial charge in [-0.05, 0) is 36.8 Å². The van der Waals surface area contributed by atoms with E-state index >= 15 is 0 Å². The molecule has 200 valence electrons. The average Bonchev–Trinajstić information content (AvgIpc) is 3.47. The van der Waals surface area contributed by atoms with Crippen molar-refractivity contribution in [3.05, 3.63) is 23.5 Å². The van der Waals surface area contributed by atoms with Crippen LogP contribution in [0.5, 0.6) is 0 Å². The fourth-order valence-electron chi connectivity index (χ4n) is 5.57. The zero-order chi connectivity index (χ0) is 26.3. The van der Waals surface area contributed by atoms with Crippen molar-refractivity contribution in [3.8, 4) is 11.4 Å². The summed E-state index contributed by atoms with van der Waals surface area (Å²) in [6, 6.07) is 3.55. The van der Waals surface area contributed by atoms with Crippen LogP contribution in [0.15, 0.2) is 12.1 Å². The number of halogens is 2. The van der Waals surface area contributed by atoms with Crippen LogP contribution in [0.3, 0.4) is 0 Å². The standard InChI is InChI=1S/C25H33F2N7O3/c1-3-18-20(34-11-16(9-22(35)36)10-25(26,27)14-34)7-6-19(29-18)23-21(32(2)31-30-23)13-33-12-17(28-24(33)37)8-15-4-5-15/h6-7,15-17H,3-5,8-14H2,1-2H3,(H,28,37)(H,35,36)/t16-,17-/m0/s1. The molecule has 2 aromatic heterocycles. The predicted octanol–water partition coefficient (Wildman–Crippen LogP) is 3.07. The second kappa shape index (κ2) is 9.86. The summed E-state index contributed by atoms with van der Waals surface area (Å²) >= 11 is 0. The highest BCUT2D eigenvalue weighted by molar-refractivity contribution is 5.77. The number of hydrogen-bond acceptors (Lipinski definition) is 6. The highest BCUT2D eigenvalue weighted by Gasteiger charge is 2.41. The average molecular weight is 518 g/mol. The van der Waals surface area contributed by atoms with Crippen LogP contribution in [-0.2, 0) is 24.8 Å². The van der Waals surface area contributed by atoms with Crippen molar-refractivity contribution in [2.75, 3.05) is 24.5 Å². The number of carboxylic acid groups (broad SMARTS) is 1. The lowest BCUT2D eigenvalue weighted by atomic mass is 9.91. The van der Waals surface area contributed by atoms with Crippen molar-refractivity contribution in [2.45, 2.75) is 64.0 Å². The molecule has 0 aromatic carbocycles. The minimum Gasteiger partial charge on any atom is -0.481 e. The summed E-state index contributed by atoms with van der Waals surface area (Å²) in [5.74, 6) is -3.98. The smallest absolute Gasteiger partial charge is 0.318 e. The Kier molecular flexibility index (Phi) is 6.76. The monoisotopic (exact) mass is 517 g/mol. The third kappa shape index (κ3) is 5.67. The van der Waals surface area contributed by atoms with E-state index in [9.17, 15) is 18.4 Å². The first-order valence-corrected chi connectivity index (χ1v) is 12.9. The molecular formula is C25H33F2N7O3. The van der Waals surface area contributed by atoms with E-state index in [2.05, 4.69) is 15.6 Å². The Hall–Kier alpha value is -3.31. The van der Waals surface area contributed by atoms with Crippen LogP contribution in [0.25, 0.3) is 11.4 Å². The van der Waals surface area contributed by atoms with Crippen molar-refractivity contribution >= 4 is 17.7 Å². The summed E-state index contributed by atoms with van der Waals surface area (Å²) in [6.45, 7) is 2.63. The second-order valence-electron chi connectivity index (χ2n) is 10.6. The van der Waals surface area contributed by atoms with Gasteiger partial charge in [0.25, 0.3) is 5.92 Å². The molecule has 5 rings (SSSR count). The molecule has 4 heterocycles. The minimum absolute atomic E-state index is 0.0997. The highest BCUT2D eigenvalue weighted by Crippen LogP contribution is 2.37. The molecule has 2 aromatic rings. The van der Waals surface area contributed by atoms with Crippen molar-refractivity contribution < 1.29 is 23.5 Å². The van der Waals surface area contributed by atoms with Gasteiger partial charge in [0.15, 0.2) is 0 Å². The summed E-state index contributed by atoms with van der Waals surface area (Å²) < 4.78 is 30.6. The number of alkyl halides is 2. The summed E-state index contributed by atoms with van der Waals surface area (Å²) in [4.78, 5) is 31.8. The quantitative estimate of drug-likeness (QED) is 0.525. The first-order valence-electron chi connectivity index (χ1n) is 12.9. The number of urea groups is 1. The van der Waals surface area contributed by atoms with Gasteiger partial charge < -0.3 is 20.2 Å². The molecule has 37 heavy (non-hydrogen) atoms. The molecule has 2 amide bonds. The SMILES string of the molecule is CCc1nc(-c2nnn(C)c2CN2C[C@H](CC3CC3)NC2=O)ccc1N1C[C@@H](CC(=O)O)CC(F)(F)C1. The van der Waals surface area contributed by atoms with Gasteiger partial charge in [0, 0.05) is 32.6 Å². The number of nitrogens with one attached hydrogen (secondary N) is 1. The molecule has 12 heteroatoms. The lowest BCUT2D eigenvalue weighted by molar-refractivity contribution is -0.139. The topological polar surface area (TPSA) is 116 Å². The van der Waals surface area contributed by atoms with Crippen LogP contribution >= 0.6 is 0 Å². The van der Waals surface area contributed by atoms with Gasteiger partial charge in [0.05, 0.1) is 42.3 Å². The molecule has 2 atom stereocenters. The molecular weight excluding hydrogens is 484 g/mol. The maximum absolute atomic E-state index is 14.5. The van der Waals surface area contributed by atoms with Gasteiger partial charge in [-0.3, -0.25) is 4.79 Å². The molecule has 0 spiro atoms. The number of pyridine rings is 1. The van der Waals surface area contributed by atoms with Crippen molar-refractivity contribution in [1.82, 2.24) is 30.2 Å². The van der Waals surface area contributed by atoms with Crippen molar-refractivity contribution in [1.29, 1.82) is 0 Å². The number of carboxylic acids is 1. The lowest BCUT2D eigenvalue weighted by Crippen LogP contribution is -2.48. The largest absolute Gasteiger partial charge is 0.481 e. The van der Waals surface area contributed by atoms with Crippen LogP contribution in [0, 0.1) is 11.8 Å². The van der Waals surface area contributed by atoms with Gasteiger partial charge in [0.1, 0.15) is 5.69 Å². The van der Waals surface area contributed by atoms with E-state index in [1.54, 1.807) is 33.7 Å². The number of carbonyl (C=O) groups is 2. The zero-order valence-corrected chi connectivity index (χ0v) is 21.2. The van der Waals surface area contributed by atoms with E-state index in [0.29, 0.717) is 48.2 Å². The third-order valence-electron chi connectivity index (χ3n) is 7.47. The van der Waals surface area contributed by atoms with Gasteiger partial charge in [-0.15, -0.1) is 5.10 Å². The fraction of sp³-hybridized carbons (Fsp3) is 0.640. The minimum atomic E-state index is -2.98. The number of aryl methyl sites for hydroxylation is 2. The predicted molar refractivity (Wildman–Crippen MR) is 131 cm³/mol. The maximum atomic E-state index is 14.5. The van der Waals surface area contributed by atoms with E-state index in [1.807, 2.05) is 6.92 Å². The summed E-state index contributed by atoms with van der Waals surface area (Å²) in [7, 11) is 1.77. The number of hydrogen-bond donors (Lipinski definition) is 2. The molecule has 0 unspecified atom stereocenters. The Labute approximate surface area is 214 Å². The van der Waals surface area contributed by atoms with E-state index in [4.69, 9.17) is 10.1 Å². The Balaban J connectivity index is 1.37. The number of aromatic nitrogens is 4. The fourth-order valence-corrected chi connectivity index (χ4v) is 5.57. The van der Waals surface area contributed by atoms with Gasteiger partial charge in [-0.25, -0.2) is 23.2 Å². The zero-order valence-electron chi connectivity index (χ0n) is 21.2.